The van der Waals surface area contributed by atoms with E-state index in [1.54, 1.807) is 12.3 Å². The minimum Gasteiger partial charge on any atom is -0.465 e. The summed E-state index contributed by atoms with van der Waals surface area (Å²) in [6.07, 6.45) is 0.174. The molecule has 4 rings (SSSR count). The minimum absolute atomic E-state index is 0.0692. The van der Waals surface area contributed by atoms with Gasteiger partial charge in [0.25, 0.3) is 0 Å². The van der Waals surface area contributed by atoms with E-state index in [-0.39, 0.29) is 17.9 Å². The average Bonchev–Trinajstić information content (AvgIpc) is 3.13. The van der Waals surface area contributed by atoms with Crippen LogP contribution in [0.3, 0.4) is 0 Å². The number of aromatic nitrogens is 4. The predicted molar refractivity (Wildman–Crippen MR) is 113 cm³/mol. The summed E-state index contributed by atoms with van der Waals surface area (Å²) in [5.74, 6) is 0.639. The Balaban J connectivity index is 1.84. The molecule has 2 atom stereocenters. The molecule has 168 valence electrons. The molecule has 3 aromatic rings. The van der Waals surface area contributed by atoms with Gasteiger partial charge in [0.15, 0.2) is 5.65 Å². The minimum atomic E-state index is -4.50. The third kappa shape index (κ3) is 3.63. The van der Waals surface area contributed by atoms with Crippen molar-refractivity contribution < 1.29 is 23.1 Å². The molecule has 1 amide bonds. The Bertz CT molecular complexity index is 1190. The molecule has 1 aliphatic rings. The van der Waals surface area contributed by atoms with Crippen LogP contribution in [0, 0.1) is 0 Å². The molecule has 2 unspecified atom stereocenters. The third-order valence-electron chi connectivity index (χ3n) is 5.64. The maximum atomic E-state index is 13.2. The molecule has 3 aromatic heterocycles. The summed E-state index contributed by atoms with van der Waals surface area (Å²) in [5, 5.41) is 10.0. The molecule has 1 saturated heterocycles. The van der Waals surface area contributed by atoms with Crippen LogP contribution in [0.5, 0.6) is 0 Å². The van der Waals surface area contributed by atoms with Gasteiger partial charge in [0.1, 0.15) is 18.0 Å². The second kappa shape index (κ2) is 7.81. The van der Waals surface area contributed by atoms with Crippen LogP contribution in [0.15, 0.2) is 37.4 Å². The zero-order valence-electron chi connectivity index (χ0n) is 17.4. The Kier molecular flexibility index (Phi) is 5.27. The van der Waals surface area contributed by atoms with E-state index < -0.39 is 17.8 Å². The molecule has 1 N–H and O–H groups in total. The van der Waals surface area contributed by atoms with Crippen molar-refractivity contribution in [3.63, 3.8) is 0 Å². The molecule has 8 nitrogen and oxygen atoms in total. The number of carbonyl (C=O) groups is 1. The van der Waals surface area contributed by atoms with Crippen molar-refractivity contribution in [3.8, 4) is 5.82 Å². The van der Waals surface area contributed by atoms with E-state index in [1.807, 2.05) is 18.7 Å². The van der Waals surface area contributed by atoms with E-state index in [9.17, 15) is 23.1 Å². The highest BCUT2D eigenvalue weighted by Gasteiger charge is 2.34. The first-order chi connectivity index (χ1) is 15.1. The number of nitrogens with zero attached hydrogens (tertiary/aromatic N) is 6. The number of piperazine rings is 1. The summed E-state index contributed by atoms with van der Waals surface area (Å²) in [4.78, 5) is 27.7. The molecular weight excluding hydrogens is 425 g/mol. The van der Waals surface area contributed by atoms with Gasteiger partial charge in [-0.25, -0.2) is 19.7 Å². The first-order valence-electron chi connectivity index (χ1n) is 9.90. The molecule has 4 heterocycles. The normalized spacial score (nSPS) is 19.4. The third-order valence-corrected chi connectivity index (χ3v) is 5.64. The lowest BCUT2D eigenvalue weighted by molar-refractivity contribution is -0.137. The molecule has 0 spiro atoms. The monoisotopic (exact) mass is 446 g/mol. The van der Waals surface area contributed by atoms with Gasteiger partial charge in [0.05, 0.1) is 10.9 Å². The number of fused-ring (bicyclic) bond motifs is 1. The van der Waals surface area contributed by atoms with Crippen molar-refractivity contribution in [1.82, 2.24) is 24.4 Å². The van der Waals surface area contributed by atoms with E-state index in [0.717, 1.165) is 18.3 Å². The van der Waals surface area contributed by atoms with Crippen molar-refractivity contribution in [1.29, 1.82) is 0 Å². The summed E-state index contributed by atoms with van der Waals surface area (Å²) in [5.41, 5.74) is 0.207. The quantitative estimate of drug-likeness (QED) is 0.653. The van der Waals surface area contributed by atoms with E-state index in [1.165, 1.54) is 15.8 Å². The molecule has 0 aromatic carbocycles. The zero-order valence-corrected chi connectivity index (χ0v) is 17.4. The van der Waals surface area contributed by atoms with Crippen molar-refractivity contribution in [2.75, 3.05) is 18.0 Å². The predicted octanol–water partition coefficient (Wildman–Crippen LogP) is 4.05. The number of rotatable bonds is 3. The number of amides is 1. The molecular formula is C21H21F3N6O2. The van der Waals surface area contributed by atoms with Crippen molar-refractivity contribution in [2.45, 2.75) is 32.1 Å². The summed E-state index contributed by atoms with van der Waals surface area (Å²) in [7, 11) is 0. The highest BCUT2D eigenvalue weighted by atomic mass is 19.4. The zero-order chi connectivity index (χ0) is 23.2. The number of pyridine rings is 1. The second-order valence-electron chi connectivity index (χ2n) is 7.74. The maximum Gasteiger partial charge on any atom is 0.416 e. The lowest BCUT2D eigenvalue weighted by Crippen LogP contribution is -2.58. The fourth-order valence-corrected chi connectivity index (χ4v) is 4.03. The summed E-state index contributed by atoms with van der Waals surface area (Å²) in [6, 6.07) is 1.43. The van der Waals surface area contributed by atoms with E-state index in [0.29, 0.717) is 35.5 Å². The lowest BCUT2D eigenvalue weighted by atomic mass is 10.1. The molecule has 1 aliphatic heterocycles. The fraction of sp³-hybridized carbons (Fsp3) is 0.333. The molecule has 0 aliphatic carbocycles. The molecule has 32 heavy (non-hydrogen) atoms. The van der Waals surface area contributed by atoms with Crippen molar-refractivity contribution >= 4 is 29.0 Å². The Hall–Kier alpha value is -3.63. The summed E-state index contributed by atoms with van der Waals surface area (Å²) < 4.78 is 41.1. The Morgan fingerprint density at radius 1 is 1.22 bits per heavy atom. The topological polar surface area (TPSA) is 87.4 Å². The van der Waals surface area contributed by atoms with Crippen LogP contribution >= 0.6 is 0 Å². The van der Waals surface area contributed by atoms with Crippen LogP contribution in [-0.2, 0) is 6.18 Å². The van der Waals surface area contributed by atoms with Crippen LogP contribution in [0.4, 0.5) is 23.8 Å². The number of hydrogen-bond acceptors (Lipinski definition) is 5. The number of anilines is 1. The molecule has 0 radical (unpaired) electrons. The van der Waals surface area contributed by atoms with Gasteiger partial charge in [-0.1, -0.05) is 12.7 Å². The van der Waals surface area contributed by atoms with Crippen molar-refractivity contribution in [2.24, 2.45) is 0 Å². The van der Waals surface area contributed by atoms with Crippen LogP contribution in [-0.4, -0.2) is 60.8 Å². The summed E-state index contributed by atoms with van der Waals surface area (Å²) in [6.45, 7) is 8.24. The van der Waals surface area contributed by atoms with Crippen LogP contribution in [0.2, 0.25) is 0 Å². The fourth-order valence-electron chi connectivity index (χ4n) is 4.03. The smallest absolute Gasteiger partial charge is 0.416 e. The first-order valence-corrected chi connectivity index (χ1v) is 9.90. The number of carboxylic acid groups (broad SMARTS) is 1. The number of alkyl halides is 3. The first kappa shape index (κ1) is 21.6. The Labute approximate surface area is 181 Å². The molecule has 1 fully saturated rings. The van der Waals surface area contributed by atoms with E-state index in [2.05, 4.69) is 21.5 Å². The van der Waals surface area contributed by atoms with Gasteiger partial charge in [0.2, 0.25) is 0 Å². The maximum absolute atomic E-state index is 13.2. The molecule has 0 bridgehead atoms. The van der Waals surface area contributed by atoms with Gasteiger partial charge < -0.3 is 14.9 Å². The number of hydrogen-bond donors (Lipinski definition) is 1. The average molecular weight is 446 g/mol. The van der Waals surface area contributed by atoms with Gasteiger partial charge in [-0.05, 0) is 26.0 Å². The van der Waals surface area contributed by atoms with Gasteiger partial charge in [-0.2, -0.15) is 13.2 Å². The molecule has 0 saturated carbocycles. The van der Waals surface area contributed by atoms with E-state index in [4.69, 9.17) is 0 Å². The van der Waals surface area contributed by atoms with Gasteiger partial charge in [-0.3, -0.25) is 4.57 Å². The van der Waals surface area contributed by atoms with Crippen LogP contribution in [0.25, 0.3) is 22.9 Å². The van der Waals surface area contributed by atoms with Gasteiger partial charge in [0, 0.05) is 43.1 Å². The summed E-state index contributed by atoms with van der Waals surface area (Å²) >= 11 is 0. The lowest BCUT2D eigenvalue weighted by Gasteiger charge is -2.43. The second-order valence-corrected chi connectivity index (χ2v) is 7.74. The Morgan fingerprint density at radius 3 is 2.62 bits per heavy atom. The Morgan fingerprint density at radius 2 is 1.97 bits per heavy atom. The van der Waals surface area contributed by atoms with E-state index >= 15 is 0 Å². The highest BCUT2D eigenvalue weighted by molar-refractivity contribution is 5.96. The van der Waals surface area contributed by atoms with Crippen LogP contribution < -0.4 is 4.90 Å². The standard InChI is InChI=1S/C21H21F3N6O2/c1-4-14-10-30(16-7-15(5-6-25-16)21(22,23)24)19-17(14)18(26-11-27-19)28-8-13(3)29(20(31)32)9-12(28)2/h4-7,10-13H,1,8-9H2,2-3H3,(H,31,32). The van der Waals surface area contributed by atoms with Gasteiger partial charge >= 0.3 is 12.3 Å². The van der Waals surface area contributed by atoms with Crippen LogP contribution in [0.1, 0.15) is 25.0 Å². The largest absolute Gasteiger partial charge is 0.465 e. The van der Waals surface area contributed by atoms with Crippen molar-refractivity contribution in [3.05, 3.63) is 48.6 Å². The molecule has 11 heteroatoms. The highest BCUT2D eigenvalue weighted by Crippen LogP contribution is 2.35. The number of halogens is 3. The SMILES string of the molecule is C=Cc1cn(-c2cc(C(F)(F)F)ccn2)c2ncnc(N3CC(C)N(C(=O)O)CC3C)c12. The van der Waals surface area contributed by atoms with Gasteiger partial charge in [-0.15, -0.1) is 0 Å².